The van der Waals surface area contributed by atoms with Crippen molar-refractivity contribution in [3.63, 3.8) is 0 Å². The number of aromatic nitrogens is 4. The molecular weight excluding hydrogens is 290 g/mol. The highest BCUT2D eigenvalue weighted by Gasteiger charge is 2.25. The van der Waals surface area contributed by atoms with Crippen LogP contribution in [0.5, 0.6) is 0 Å². The van der Waals surface area contributed by atoms with Crippen LogP contribution in [0.2, 0.25) is 0 Å². The Labute approximate surface area is 134 Å². The van der Waals surface area contributed by atoms with Gasteiger partial charge in [0.1, 0.15) is 12.1 Å². The van der Waals surface area contributed by atoms with Gasteiger partial charge in [0.15, 0.2) is 0 Å². The van der Waals surface area contributed by atoms with Crippen LogP contribution in [0.4, 0.5) is 5.82 Å². The highest BCUT2D eigenvalue weighted by molar-refractivity contribution is 5.53. The minimum absolute atomic E-state index is 0.515. The summed E-state index contributed by atoms with van der Waals surface area (Å²) < 4.78 is 5.36. The molecule has 1 saturated carbocycles. The molecular formula is C17H17N5O. The predicted molar refractivity (Wildman–Crippen MR) is 85.8 cm³/mol. The number of hydrogen-bond donors (Lipinski definition) is 0. The van der Waals surface area contributed by atoms with Gasteiger partial charge in [-0.25, -0.2) is 9.97 Å². The predicted octanol–water partition coefficient (Wildman–Crippen LogP) is 3.04. The Kier molecular flexibility index (Phi) is 3.49. The zero-order chi connectivity index (χ0) is 15.6. The summed E-state index contributed by atoms with van der Waals surface area (Å²) in [6.45, 7) is 0.515. The molecule has 2 aromatic heterocycles. The van der Waals surface area contributed by atoms with Crippen LogP contribution < -0.4 is 4.90 Å². The van der Waals surface area contributed by atoms with Gasteiger partial charge in [0, 0.05) is 30.3 Å². The summed E-state index contributed by atoms with van der Waals surface area (Å²) in [6, 6.07) is 11.8. The van der Waals surface area contributed by atoms with Gasteiger partial charge in [-0.05, 0) is 12.8 Å². The van der Waals surface area contributed by atoms with E-state index in [9.17, 15) is 0 Å². The highest BCUT2D eigenvalue weighted by atomic mass is 16.5. The van der Waals surface area contributed by atoms with Crippen molar-refractivity contribution in [2.75, 3.05) is 11.9 Å². The molecule has 23 heavy (non-hydrogen) atoms. The zero-order valence-corrected chi connectivity index (χ0v) is 12.9. The van der Waals surface area contributed by atoms with Crippen LogP contribution in [0.1, 0.15) is 30.3 Å². The molecule has 0 spiro atoms. The van der Waals surface area contributed by atoms with Gasteiger partial charge >= 0.3 is 0 Å². The first kappa shape index (κ1) is 13.9. The van der Waals surface area contributed by atoms with Crippen LogP contribution in [-0.2, 0) is 6.54 Å². The molecule has 2 heterocycles. The van der Waals surface area contributed by atoms with E-state index in [4.69, 9.17) is 4.52 Å². The third-order valence-electron chi connectivity index (χ3n) is 3.93. The molecule has 1 fully saturated rings. The van der Waals surface area contributed by atoms with Crippen molar-refractivity contribution in [2.24, 2.45) is 0 Å². The van der Waals surface area contributed by atoms with Crippen molar-refractivity contribution in [2.45, 2.75) is 25.3 Å². The van der Waals surface area contributed by atoms with Gasteiger partial charge in [-0.3, -0.25) is 0 Å². The van der Waals surface area contributed by atoms with E-state index in [2.05, 4.69) is 20.1 Å². The fourth-order valence-corrected chi connectivity index (χ4v) is 2.48. The van der Waals surface area contributed by atoms with E-state index >= 15 is 0 Å². The lowest BCUT2D eigenvalue weighted by Gasteiger charge is -2.15. The summed E-state index contributed by atoms with van der Waals surface area (Å²) in [5, 5.41) is 4.04. The summed E-state index contributed by atoms with van der Waals surface area (Å²) in [6.07, 6.45) is 4.08. The molecule has 0 N–H and O–H groups in total. The molecule has 0 bridgehead atoms. The molecule has 4 rings (SSSR count). The molecule has 1 aromatic carbocycles. The van der Waals surface area contributed by atoms with Gasteiger partial charge < -0.3 is 9.42 Å². The van der Waals surface area contributed by atoms with Gasteiger partial charge in [0.25, 0.3) is 0 Å². The maximum Gasteiger partial charge on any atom is 0.246 e. The largest absolute Gasteiger partial charge is 0.350 e. The maximum atomic E-state index is 5.36. The van der Waals surface area contributed by atoms with E-state index in [1.165, 1.54) is 12.8 Å². The summed E-state index contributed by atoms with van der Waals surface area (Å²) in [7, 11) is 1.96. The van der Waals surface area contributed by atoms with Crippen LogP contribution in [0.15, 0.2) is 47.2 Å². The van der Waals surface area contributed by atoms with E-state index in [-0.39, 0.29) is 0 Å². The van der Waals surface area contributed by atoms with Crippen molar-refractivity contribution >= 4 is 5.82 Å². The van der Waals surface area contributed by atoms with Crippen LogP contribution in [0.3, 0.4) is 0 Å². The lowest BCUT2D eigenvalue weighted by atomic mass is 10.2. The molecule has 0 unspecified atom stereocenters. The van der Waals surface area contributed by atoms with Gasteiger partial charge in [-0.15, -0.1) is 0 Å². The van der Waals surface area contributed by atoms with Gasteiger partial charge in [0.05, 0.1) is 6.54 Å². The number of hydrogen-bond acceptors (Lipinski definition) is 6. The summed E-state index contributed by atoms with van der Waals surface area (Å²) in [4.78, 5) is 15.1. The Bertz CT molecular complexity index is 798. The second-order valence-electron chi connectivity index (χ2n) is 5.81. The van der Waals surface area contributed by atoms with Gasteiger partial charge in [0.2, 0.25) is 11.7 Å². The quantitative estimate of drug-likeness (QED) is 0.721. The minimum Gasteiger partial charge on any atom is -0.350 e. The Hall–Kier alpha value is -2.76. The number of nitrogens with zero attached hydrogens (tertiary/aromatic N) is 5. The third kappa shape index (κ3) is 3.06. The Morgan fingerprint density at radius 1 is 1.17 bits per heavy atom. The van der Waals surface area contributed by atoms with E-state index < -0.39 is 0 Å². The van der Waals surface area contributed by atoms with E-state index in [0.29, 0.717) is 24.2 Å². The Morgan fingerprint density at radius 3 is 2.78 bits per heavy atom. The van der Waals surface area contributed by atoms with E-state index in [1.54, 1.807) is 6.33 Å². The second-order valence-corrected chi connectivity index (χ2v) is 5.81. The van der Waals surface area contributed by atoms with Crippen LogP contribution >= 0.6 is 0 Å². The number of anilines is 1. The first-order valence-corrected chi connectivity index (χ1v) is 7.70. The lowest BCUT2D eigenvalue weighted by molar-refractivity contribution is 0.378. The van der Waals surface area contributed by atoms with Crippen LogP contribution in [0.25, 0.3) is 11.4 Å². The molecule has 6 heteroatoms. The topological polar surface area (TPSA) is 67.9 Å². The van der Waals surface area contributed by atoms with Crippen molar-refractivity contribution < 1.29 is 4.52 Å². The first-order chi connectivity index (χ1) is 11.3. The SMILES string of the molecule is CN(Cc1nc(-c2ccccc2)no1)c1cc(C2CC2)ncn1. The molecule has 0 amide bonds. The smallest absolute Gasteiger partial charge is 0.246 e. The van der Waals surface area contributed by atoms with E-state index in [1.807, 2.05) is 48.3 Å². The molecule has 0 atom stereocenters. The van der Waals surface area contributed by atoms with Gasteiger partial charge in [-0.1, -0.05) is 35.5 Å². The van der Waals surface area contributed by atoms with E-state index in [0.717, 1.165) is 17.1 Å². The molecule has 0 saturated heterocycles. The second kappa shape index (κ2) is 5.79. The molecule has 6 nitrogen and oxygen atoms in total. The molecule has 116 valence electrons. The lowest BCUT2D eigenvalue weighted by Crippen LogP contribution is -2.18. The van der Waals surface area contributed by atoms with Crippen LogP contribution in [-0.4, -0.2) is 27.2 Å². The van der Waals surface area contributed by atoms with Crippen molar-refractivity contribution in [1.29, 1.82) is 0 Å². The fraction of sp³-hybridized carbons (Fsp3) is 0.294. The van der Waals surface area contributed by atoms with Crippen molar-refractivity contribution in [1.82, 2.24) is 20.1 Å². The average Bonchev–Trinajstić information content (AvgIpc) is 3.35. The Balaban J connectivity index is 1.49. The summed E-state index contributed by atoms with van der Waals surface area (Å²) in [5.41, 5.74) is 2.07. The standard InChI is InChI=1S/C17H17N5O/c1-22(15-9-14(12-7-8-12)18-11-19-15)10-16-20-17(21-23-16)13-5-3-2-4-6-13/h2-6,9,11-12H,7-8,10H2,1H3. The highest BCUT2D eigenvalue weighted by Crippen LogP contribution is 2.39. The Morgan fingerprint density at radius 2 is 2.00 bits per heavy atom. The molecule has 0 aliphatic heterocycles. The first-order valence-electron chi connectivity index (χ1n) is 7.70. The third-order valence-corrected chi connectivity index (χ3v) is 3.93. The number of benzene rings is 1. The molecule has 3 aromatic rings. The molecule has 1 aliphatic rings. The maximum absolute atomic E-state index is 5.36. The number of rotatable bonds is 5. The van der Waals surface area contributed by atoms with Crippen LogP contribution in [0, 0.1) is 0 Å². The minimum atomic E-state index is 0.515. The van der Waals surface area contributed by atoms with Gasteiger partial charge in [-0.2, -0.15) is 4.98 Å². The van der Waals surface area contributed by atoms with Crippen molar-refractivity contribution in [3.05, 3.63) is 54.3 Å². The summed E-state index contributed by atoms with van der Waals surface area (Å²) in [5.74, 6) is 2.66. The average molecular weight is 307 g/mol. The monoisotopic (exact) mass is 307 g/mol. The summed E-state index contributed by atoms with van der Waals surface area (Å²) >= 11 is 0. The fourth-order valence-electron chi connectivity index (χ4n) is 2.48. The zero-order valence-electron chi connectivity index (χ0n) is 12.9. The molecule has 0 radical (unpaired) electrons. The molecule has 1 aliphatic carbocycles. The normalized spacial score (nSPS) is 14.0. The van der Waals surface area contributed by atoms with Crippen molar-refractivity contribution in [3.8, 4) is 11.4 Å².